The number of nitrogens with two attached hydrogens (primary N) is 1. The molecule has 0 aliphatic carbocycles. The summed E-state index contributed by atoms with van der Waals surface area (Å²) in [6.45, 7) is -0.536. The Kier molecular flexibility index (Phi) is 4.65. The average molecular weight is 274 g/mol. The van der Waals surface area contributed by atoms with Crippen LogP contribution in [-0.4, -0.2) is 39.3 Å². The van der Waals surface area contributed by atoms with Gasteiger partial charge in [0, 0.05) is 0 Å². The average Bonchev–Trinajstić information content (AvgIpc) is 2.34. The van der Waals surface area contributed by atoms with Gasteiger partial charge >= 0.3 is 5.97 Å². The normalized spacial score (nSPS) is 12.8. The molecule has 0 saturated carbocycles. The number of anilines is 1. The molecule has 0 saturated heterocycles. The minimum Gasteiger partial charge on any atom is -0.467 e. The number of rotatable bonds is 5. The third-order valence-corrected chi connectivity index (χ3v) is 3.16. The van der Waals surface area contributed by atoms with E-state index in [0.29, 0.717) is 0 Å². The van der Waals surface area contributed by atoms with E-state index in [1.165, 1.54) is 18.2 Å². The Hall–Kier alpha value is -1.64. The SMILES string of the molecule is COC(=O)C(CO)Nc1ccccc1S(N)(=O)=O. The Bertz CT molecular complexity index is 529. The molecule has 1 atom stereocenters. The van der Waals surface area contributed by atoms with Gasteiger partial charge in [0.2, 0.25) is 10.0 Å². The van der Waals surface area contributed by atoms with Gasteiger partial charge in [0.25, 0.3) is 0 Å². The second kappa shape index (κ2) is 5.80. The van der Waals surface area contributed by atoms with E-state index in [0.717, 1.165) is 7.11 Å². The van der Waals surface area contributed by atoms with E-state index in [9.17, 15) is 13.2 Å². The second-order valence-electron chi connectivity index (χ2n) is 3.44. The fraction of sp³-hybridized carbons (Fsp3) is 0.300. The number of benzene rings is 1. The van der Waals surface area contributed by atoms with Crippen molar-refractivity contribution in [1.82, 2.24) is 0 Å². The lowest BCUT2D eigenvalue weighted by Crippen LogP contribution is -2.34. The molecule has 100 valence electrons. The van der Waals surface area contributed by atoms with Crippen molar-refractivity contribution in [2.75, 3.05) is 19.0 Å². The summed E-state index contributed by atoms with van der Waals surface area (Å²) in [4.78, 5) is 11.1. The largest absolute Gasteiger partial charge is 0.467 e. The first kappa shape index (κ1) is 14.4. The molecule has 0 spiro atoms. The number of hydrogen-bond acceptors (Lipinski definition) is 6. The van der Waals surface area contributed by atoms with Gasteiger partial charge in [0.15, 0.2) is 0 Å². The zero-order valence-electron chi connectivity index (χ0n) is 9.66. The first-order chi connectivity index (χ1) is 8.40. The number of sulfonamides is 1. The van der Waals surface area contributed by atoms with Crippen molar-refractivity contribution in [3.63, 3.8) is 0 Å². The number of aliphatic hydroxyl groups is 1. The summed E-state index contributed by atoms with van der Waals surface area (Å²) in [5, 5.41) is 16.6. The molecule has 7 nitrogen and oxygen atoms in total. The third kappa shape index (κ3) is 3.42. The maximum Gasteiger partial charge on any atom is 0.330 e. The van der Waals surface area contributed by atoms with E-state index < -0.39 is 28.6 Å². The molecule has 0 amide bonds. The van der Waals surface area contributed by atoms with Crippen LogP contribution in [0.25, 0.3) is 0 Å². The van der Waals surface area contributed by atoms with Gasteiger partial charge < -0.3 is 15.2 Å². The van der Waals surface area contributed by atoms with Crippen molar-refractivity contribution >= 4 is 21.7 Å². The highest BCUT2D eigenvalue weighted by Gasteiger charge is 2.21. The van der Waals surface area contributed by atoms with E-state index in [-0.39, 0.29) is 10.6 Å². The molecule has 1 aromatic rings. The minimum absolute atomic E-state index is 0.129. The number of primary sulfonamides is 1. The first-order valence-corrected chi connectivity index (χ1v) is 6.52. The molecule has 1 aromatic carbocycles. The Labute approximate surface area is 105 Å². The number of carbonyl (C=O) groups excluding carboxylic acids is 1. The summed E-state index contributed by atoms with van der Waals surface area (Å²) in [6.07, 6.45) is 0. The molecule has 0 aliphatic rings. The molecule has 0 heterocycles. The highest BCUT2D eigenvalue weighted by Crippen LogP contribution is 2.20. The maximum atomic E-state index is 11.3. The van der Waals surface area contributed by atoms with Crippen LogP contribution in [0.4, 0.5) is 5.69 Å². The first-order valence-electron chi connectivity index (χ1n) is 4.97. The fourth-order valence-electron chi connectivity index (χ4n) is 1.34. The van der Waals surface area contributed by atoms with Gasteiger partial charge in [-0.25, -0.2) is 18.4 Å². The van der Waals surface area contributed by atoms with Gasteiger partial charge in [-0.05, 0) is 12.1 Å². The third-order valence-electron chi connectivity index (χ3n) is 2.19. The topological polar surface area (TPSA) is 119 Å². The van der Waals surface area contributed by atoms with Gasteiger partial charge in [-0.3, -0.25) is 0 Å². The van der Waals surface area contributed by atoms with Gasteiger partial charge in [0.05, 0.1) is 19.4 Å². The van der Waals surface area contributed by atoms with Crippen LogP contribution in [0.1, 0.15) is 0 Å². The molecule has 18 heavy (non-hydrogen) atoms. The van der Waals surface area contributed by atoms with Crippen LogP contribution in [-0.2, 0) is 19.6 Å². The molecule has 4 N–H and O–H groups in total. The van der Waals surface area contributed by atoms with Gasteiger partial charge in [-0.2, -0.15) is 0 Å². The lowest BCUT2D eigenvalue weighted by molar-refractivity contribution is -0.142. The number of para-hydroxylation sites is 1. The van der Waals surface area contributed by atoms with Crippen LogP contribution in [0, 0.1) is 0 Å². The second-order valence-corrected chi connectivity index (χ2v) is 4.97. The highest BCUT2D eigenvalue weighted by molar-refractivity contribution is 7.89. The molecule has 8 heteroatoms. The van der Waals surface area contributed by atoms with E-state index in [2.05, 4.69) is 10.1 Å². The molecule has 0 bridgehead atoms. The predicted octanol–water partition coefficient (Wildman–Crippen LogP) is -0.720. The minimum atomic E-state index is -3.92. The number of methoxy groups -OCH3 is 1. The van der Waals surface area contributed by atoms with Crippen LogP contribution in [0.5, 0.6) is 0 Å². The van der Waals surface area contributed by atoms with Crippen molar-refractivity contribution < 1.29 is 23.1 Å². The van der Waals surface area contributed by atoms with Crippen molar-refractivity contribution in [3.8, 4) is 0 Å². The fourth-order valence-corrected chi connectivity index (χ4v) is 2.04. The van der Waals surface area contributed by atoms with Crippen molar-refractivity contribution in [1.29, 1.82) is 0 Å². The Morgan fingerprint density at radius 3 is 2.61 bits per heavy atom. The number of ether oxygens (including phenoxy) is 1. The highest BCUT2D eigenvalue weighted by atomic mass is 32.2. The lowest BCUT2D eigenvalue weighted by atomic mass is 10.2. The standard InChI is InChI=1S/C10H14N2O5S/c1-17-10(14)8(6-13)12-7-4-2-3-5-9(7)18(11,15)16/h2-5,8,12-13H,6H2,1H3,(H2,11,15,16). The molecule has 0 aliphatic heterocycles. The smallest absolute Gasteiger partial charge is 0.330 e. The number of carbonyl (C=O) groups is 1. The monoisotopic (exact) mass is 274 g/mol. The summed E-state index contributed by atoms with van der Waals surface area (Å²) in [7, 11) is -2.75. The van der Waals surface area contributed by atoms with E-state index in [4.69, 9.17) is 10.2 Å². The summed E-state index contributed by atoms with van der Waals surface area (Å²) < 4.78 is 27.1. The predicted molar refractivity (Wildman–Crippen MR) is 64.3 cm³/mol. The van der Waals surface area contributed by atoms with Crippen molar-refractivity contribution in [2.45, 2.75) is 10.9 Å². The molecule has 1 unspecified atom stereocenters. The molecule has 0 fully saturated rings. The number of nitrogens with one attached hydrogen (secondary N) is 1. The van der Waals surface area contributed by atoms with Crippen molar-refractivity contribution in [2.24, 2.45) is 5.14 Å². The summed E-state index contributed by atoms with van der Waals surface area (Å²) in [5.74, 6) is -0.707. The Morgan fingerprint density at radius 2 is 2.11 bits per heavy atom. The van der Waals surface area contributed by atoms with E-state index in [1.54, 1.807) is 6.07 Å². The maximum absolute atomic E-state index is 11.3. The zero-order valence-corrected chi connectivity index (χ0v) is 10.5. The molecule has 1 rings (SSSR count). The van der Waals surface area contributed by atoms with Crippen LogP contribution < -0.4 is 10.5 Å². The summed E-state index contributed by atoms with van der Waals surface area (Å²) >= 11 is 0. The van der Waals surface area contributed by atoms with Crippen molar-refractivity contribution in [3.05, 3.63) is 24.3 Å². The zero-order chi connectivity index (χ0) is 13.8. The quantitative estimate of drug-likeness (QED) is 0.610. The van der Waals surface area contributed by atoms with Crippen LogP contribution in [0.15, 0.2) is 29.2 Å². The number of aliphatic hydroxyl groups excluding tert-OH is 1. The van der Waals surface area contributed by atoms with Crippen LogP contribution in [0.2, 0.25) is 0 Å². The summed E-state index contributed by atoms with van der Waals surface area (Å²) in [6, 6.07) is 4.74. The lowest BCUT2D eigenvalue weighted by Gasteiger charge is -2.16. The molecule has 0 aromatic heterocycles. The van der Waals surface area contributed by atoms with Gasteiger partial charge in [-0.15, -0.1) is 0 Å². The van der Waals surface area contributed by atoms with Gasteiger partial charge in [0.1, 0.15) is 10.9 Å². The molecule has 0 radical (unpaired) electrons. The number of hydrogen-bond donors (Lipinski definition) is 3. The Morgan fingerprint density at radius 1 is 1.50 bits per heavy atom. The molecular formula is C10H14N2O5S. The van der Waals surface area contributed by atoms with Crippen LogP contribution >= 0.6 is 0 Å². The van der Waals surface area contributed by atoms with E-state index >= 15 is 0 Å². The Balaban J connectivity index is 3.08. The van der Waals surface area contributed by atoms with E-state index in [1.807, 2.05) is 0 Å². The van der Waals surface area contributed by atoms with Gasteiger partial charge in [-0.1, -0.05) is 12.1 Å². The summed E-state index contributed by atoms with van der Waals surface area (Å²) in [5.41, 5.74) is 0.129. The molecular weight excluding hydrogens is 260 g/mol. The number of esters is 1. The van der Waals surface area contributed by atoms with Crippen LogP contribution in [0.3, 0.4) is 0 Å².